The zero-order valence-corrected chi connectivity index (χ0v) is 12.3. The highest BCUT2D eigenvalue weighted by atomic mass is 14.7. The summed E-state index contributed by atoms with van der Waals surface area (Å²) in [4.78, 5) is 4.27. The predicted octanol–water partition coefficient (Wildman–Crippen LogP) is 4.45. The van der Waals surface area contributed by atoms with Gasteiger partial charge in [0.05, 0.1) is 0 Å². The summed E-state index contributed by atoms with van der Waals surface area (Å²) in [6.07, 6.45) is 10.4. The van der Waals surface area contributed by atoms with Crippen molar-refractivity contribution in [1.29, 1.82) is 0 Å². The summed E-state index contributed by atoms with van der Waals surface area (Å²) in [5.41, 5.74) is 7.87. The van der Waals surface area contributed by atoms with Gasteiger partial charge in [-0.1, -0.05) is 44.4 Å². The van der Waals surface area contributed by atoms with Crippen LogP contribution < -0.4 is 5.73 Å². The molecule has 20 heavy (non-hydrogen) atoms. The minimum Gasteiger partial charge on any atom is -0.324 e. The third-order valence-electron chi connectivity index (χ3n) is 5.05. The van der Waals surface area contributed by atoms with Gasteiger partial charge in [-0.25, -0.2) is 0 Å². The molecule has 0 saturated heterocycles. The van der Waals surface area contributed by atoms with E-state index in [0.717, 1.165) is 5.92 Å². The summed E-state index contributed by atoms with van der Waals surface area (Å²) < 4.78 is 0. The molecular formula is C18H24N2. The normalized spacial score (nSPS) is 24.7. The van der Waals surface area contributed by atoms with Crippen molar-refractivity contribution in [2.24, 2.45) is 17.6 Å². The van der Waals surface area contributed by atoms with Crippen LogP contribution in [0.2, 0.25) is 0 Å². The van der Waals surface area contributed by atoms with Gasteiger partial charge < -0.3 is 5.73 Å². The Bertz CT molecular complexity index is 565. The maximum absolute atomic E-state index is 6.59. The van der Waals surface area contributed by atoms with E-state index in [9.17, 15) is 0 Å². The van der Waals surface area contributed by atoms with Crippen molar-refractivity contribution in [2.75, 3.05) is 0 Å². The molecule has 2 heteroatoms. The maximum atomic E-state index is 6.59. The van der Waals surface area contributed by atoms with Crippen LogP contribution in [0.1, 0.15) is 50.6 Å². The van der Waals surface area contributed by atoms with Gasteiger partial charge in [-0.3, -0.25) is 4.98 Å². The fourth-order valence-corrected chi connectivity index (χ4v) is 3.64. The molecule has 0 radical (unpaired) electrons. The van der Waals surface area contributed by atoms with Crippen molar-refractivity contribution in [1.82, 2.24) is 4.98 Å². The number of benzene rings is 1. The van der Waals surface area contributed by atoms with Gasteiger partial charge in [-0.05, 0) is 41.7 Å². The molecule has 1 fully saturated rings. The minimum atomic E-state index is 0.153. The van der Waals surface area contributed by atoms with Crippen LogP contribution >= 0.6 is 0 Å². The summed E-state index contributed by atoms with van der Waals surface area (Å²) in [5, 5.41) is 2.47. The molecule has 106 valence electrons. The second-order valence-electron chi connectivity index (χ2n) is 6.16. The van der Waals surface area contributed by atoms with Gasteiger partial charge in [0.2, 0.25) is 0 Å². The number of hydrogen-bond acceptors (Lipinski definition) is 2. The summed E-state index contributed by atoms with van der Waals surface area (Å²) in [6.45, 7) is 2.31. The number of pyridine rings is 1. The number of aromatic nitrogens is 1. The number of nitrogens with zero attached hydrogens (tertiary/aromatic N) is 1. The van der Waals surface area contributed by atoms with Gasteiger partial charge >= 0.3 is 0 Å². The third-order valence-corrected chi connectivity index (χ3v) is 5.05. The Morgan fingerprint density at radius 1 is 1.20 bits per heavy atom. The van der Waals surface area contributed by atoms with E-state index < -0.39 is 0 Å². The Hall–Kier alpha value is -1.41. The quantitative estimate of drug-likeness (QED) is 0.893. The van der Waals surface area contributed by atoms with Crippen molar-refractivity contribution in [3.05, 3.63) is 42.2 Å². The van der Waals surface area contributed by atoms with Crippen LogP contribution in [0.3, 0.4) is 0 Å². The average Bonchev–Trinajstić information content (AvgIpc) is 2.54. The molecule has 1 aliphatic rings. The Kier molecular flexibility index (Phi) is 4.02. The monoisotopic (exact) mass is 268 g/mol. The van der Waals surface area contributed by atoms with E-state index in [4.69, 9.17) is 5.73 Å². The first kappa shape index (κ1) is 13.6. The van der Waals surface area contributed by atoms with Crippen LogP contribution in [0, 0.1) is 11.8 Å². The number of hydrogen-bond donors (Lipinski definition) is 1. The smallest absolute Gasteiger partial charge is 0.0349 e. The van der Waals surface area contributed by atoms with E-state index in [1.54, 1.807) is 0 Å². The van der Waals surface area contributed by atoms with Gasteiger partial charge in [0.1, 0.15) is 0 Å². The van der Waals surface area contributed by atoms with Crippen LogP contribution in [0.15, 0.2) is 36.7 Å². The van der Waals surface area contributed by atoms with Gasteiger partial charge in [-0.15, -0.1) is 0 Å². The molecule has 1 saturated carbocycles. The molecule has 0 spiro atoms. The zero-order valence-electron chi connectivity index (χ0n) is 12.3. The second kappa shape index (κ2) is 5.92. The zero-order chi connectivity index (χ0) is 13.9. The first-order chi connectivity index (χ1) is 9.79. The Balaban J connectivity index is 1.84. The lowest BCUT2D eigenvalue weighted by atomic mass is 9.76. The Morgan fingerprint density at radius 3 is 2.75 bits per heavy atom. The summed E-state index contributed by atoms with van der Waals surface area (Å²) in [7, 11) is 0. The van der Waals surface area contributed by atoms with Gasteiger partial charge in [0.25, 0.3) is 0 Å². The highest BCUT2D eigenvalue weighted by molar-refractivity contribution is 5.85. The lowest BCUT2D eigenvalue weighted by Gasteiger charge is -2.32. The Morgan fingerprint density at radius 2 is 2.00 bits per heavy atom. The molecular weight excluding hydrogens is 244 g/mol. The molecule has 2 nitrogen and oxygen atoms in total. The molecule has 1 aromatic carbocycles. The number of rotatable bonds is 3. The topological polar surface area (TPSA) is 38.9 Å². The lowest BCUT2D eigenvalue weighted by molar-refractivity contribution is 0.240. The first-order valence-corrected chi connectivity index (χ1v) is 7.87. The average molecular weight is 268 g/mol. The van der Waals surface area contributed by atoms with Crippen molar-refractivity contribution in [2.45, 2.75) is 45.1 Å². The third kappa shape index (κ3) is 2.57. The van der Waals surface area contributed by atoms with Gasteiger partial charge in [-0.2, -0.15) is 0 Å². The SMILES string of the molecule is CCC1CCC(C(N)c2cccc3ccncc23)CC1. The first-order valence-electron chi connectivity index (χ1n) is 7.87. The van der Waals surface area contributed by atoms with E-state index in [1.165, 1.54) is 48.4 Å². The van der Waals surface area contributed by atoms with Crippen LogP contribution in [0.5, 0.6) is 0 Å². The van der Waals surface area contributed by atoms with Crippen molar-refractivity contribution < 1.29 is 0 Å². The highest BCUT2D eigenvalue weighted by Gasteiger charge is 2.26. The minimum absolute atomic E-state index is 0.153. The molecule has 2 aromatic rings. The fraction of sp³-hybridized carbons (Fsp3) is 0.500. The molecule has 1 heterocycles. The molecule has 1 unspecified atom stereocenters. The van der Waals surface area contributed by atoms with Crippen LogP contribution in [0.4, 0.5) is 0 Å². The van der Waals surface area contributed by atoms with Crippen molar-refractivity contribution in [3.8, 4) is 0 Å². The molecule has 2 N–H and O–H groups in total. The van der Waals surface area contributed by atoms with E-state index in [1.807, 2.05) is 12.4 Å². The second-order valence-corrected chi connectivity index (χ2v) is 6.16. The molecule has 0 aliphatic heterocycles. The summed E-state index contributed by atoms with van der Waals surface area (Å²) in [5.74, 6) is 1.55. The predicted molar refractivity (Wildman–Crippen MR) is 84.4 cm³/mol. The molecule has 1 atom stereocenters. The van der Waals surface area contributed by atoms with Crippen molar-refractivity contribution in [3.63, 3.8) is 0 Å². The lowest BCUT2D eigenvalue weighted by Crippen LogP contribution is -2.26. The summed E-state index contributed by atoms with van der Waals surface area (Å²) >= 11 is 0. The standard InChI is InChI=1S/C18H24N2/c1-2-13-6-8-15(9-7-13)18(19)16-5-3-4-14-10-11-20-12-17(14)16/h3-5,10-13,15,18H,2,6-9,19H2,1H3. The Labute approximate surface area is 121 Å². The molecule has 0 amide bonds. The number of fused-ring (bicyclic) bond motifs is 1. The van der Waals surface area contributed by atoms with E-state index in [-0.39, 0.29) is 6.04 Å². The van der Waals surface area contributed by atoms with E-state index in [2.05, 4.69) is 36.2 Å². The van der Waals surface area contributed by atoms with Crippen LogP contribution in [-0.4, -0.2) is 4.98 Å². The van der Waals surface area contributed by atoms with Crippen molar-refractivity contribution >= 4 is 10.8 Å². The van der Waals surface area contributed by atoms with Crippen LogP contribution in [-0.2, 0) is 0 Å². The number of nitrogens with two attached hydrogens (primary N) is 1. The molecule has 1 aliphatic carbocycles. The highest BCUT2D eigenvalue weighted by Crippen LogP contribution is 2.38. The molecule has 0 bridgehead atoms. The fourth-order valence-electron chi connectivity index (χ4n) is 3.64. The van der Waals surface area contributed by atoms with Crippen LogP contribution in [0.25, 0.3) is 10.8 Å². The molecule has 3 rings (SSSR count). The van der Waals surface area contributed by atoms with E-state index >= 15 is 0 Å². The van der Waals surface area contributed by atoms with Gasteiger partial charge in [0, 0.05) is 23.8 Å². The largest absolute Gasteiger partial charge is 0.324 e. The summed E-state index contributed by atoms with van der Waals surface area (Å²) in [6, 6.07) is 8.66. The molecule has 1 aromatic heterocycles. The van der Waals surface area contributed by atoms with E-state index in [0.29, 0.717) is 5.92 Å². The van der Waals surface area contributed by atoms with Gasteiger partial charge in [0.15, 0.2) is 0 Å². The maximum Gasteiger partial charge on any atom is 0.0349 e.